The molecule has 2 aliphatic rings. The number of nitrogens with zero attached hydrogens (tertiary/aromatic N) is 2. The summed E-state index contributed by atoms with van der Waals surface area (Å²) in [5, 5.41) is 0. The second kappa shape index (κ2) is 6.90. The molecule has 0 N–H and O–H groups in total. The third-order valence-electron chi connectivity index (χ3n) is 5.06. The van der Waals surface area contributed by atoms with E-state index in [9.17, 15) is 4.79 Å². The number of rotatable bonds is 5. The van der Waals surface area contributed by atoms with E-state index in [1.54, 1.807) is 0 Å². The predicted octanol–water partition coefficient (Wildman–Crippen LogP) is 3.79. The minimum absolute atomic E-state index is 0.00989. The van der Waals surface area contributed by atoms with Crippen molar-refractivity contribution in [1.29, 1.82) is 0 Å². The second-order valence-electron chi connectivity index (χ2n) is 7.22. The lowest BCUT2D eigenvalue weighted by atomic mass is 9.98. The quantitative estimate of drug-likeness (QED) is 0.831. The number of piperidine rings is 1. The number of oxazole rings is 1. The van der Waals surface area contributed by atoms with Crippen molar-refractivity contribution in [2.45, 2.75) is 38.5 Å². The van der Waals surface area contributed by atoms with Crippen molar-refractivity contribution in [3.05, 3.63) is 47.7 Å². The van der Waals surface area contributed by atoms with Gasteiger partial charge in [-0.25, -0.2) is 4.98 Å². The molecule has 2 heterocycles. The summed E-state index contributed by atoms with van der Waals surface area (Å²) in [4.78, 5) is 18.9. The van der Waals surface area contributed by atoms with Crippen molar-refractivity contribution in [1.82, 2.24) is 9.88 Å². The van der Waals surface area contributed by atoms with Crippen molar-refractivity contribution in [2.75, 3.05) is 19.7 Å². The summed E-state index contributed by atoms with van der Waals surface area (Å²) in [6.07, 6.45) is 5.70. The van der Waals surface area contributed by atoms with E-state index >= 15 is 0 Å². The summed E-state index contributed by atoms with van der Waals surface area (Å²) in [6, 6.07) is 8.10. The molecule has 1 aliphatic heterocycles. The van der Waals surface area contributed by atoms with Gasteiger partial charge in [0, 0.05) is 24.9 Å². The largest absolute Gasteiger partial charge is 0.493 e. The Bertz CT molecular complexity index is 734. The fraction of sp³-hybridized carbons (Fsp3) is 0.500. The standard InChI is InChI=1S/C20H24N2O3/c1-14-4-8-17(9-5-14)24-12-15-3-2-10-22(11-15)20(23)18-19(16-6-7-16)25-13-21-18/h4-5,8-9,13,15-16H,2-3,6-7,10-12H2,1H3/t15-/m1/s1. The molecule has 25 heavy (non-hydrogen) atoms. The molecule has 1 aromatic heterocycles. The number of benzene rings is 1. The molecule has 1 atom stereocenters. The molecular weight excluding hydrogens is 316 g/mol. The molecule has 2 aromatic rings. The zero-order chi connectivity index (χ0) is 17.2. The number of amides is 1. The van der Waals surface area contributed by atoms with Crippen LogP contribution in [0.4, 0.5) is 0 Å². The molecule has 4 rings (SSSR count). The Morgan fingerprint density at radius 3 is 2.84 bits per heavy atom. The molecule has 132 valence electrons. The van der Waals surface area contributed by atoms with E-state index in [-0.39, 0.29) is 5.91 Å². The van der Waals surface area contributed by atoms with Crippen LogP contribution in [0.1, 0.15) is 53.4 Å². The molecule has 5 nitrogen and oxygen atoms in total. The summed E-state index contributed by atoms with van der Waals surface area (Å²) in [7, 11) is 0. The van der Waals surface area contributed by atoms with E-state index in [1.165, 1.54) is 12.0 Å². The third-order valence-corrected chi connectivity index (χ3v) is 5.06. The first-order valence-electron chi connectivity index (χ1n) is 9.13. The SMILES string of the molecule is Cc1ccc(OC[C@@H]2CCCN(C(=O)c3ncoc3C3CC3)C2)cc1. The van der Waals surface area contributed by atoms with Gasteiger partial charge in [-0.05, 0) is 44.7 Å². The number of ether oxygens (including phenoxy) is 1. The maximum atomic E-state index is 12.8. The second-order valence-corrected chi connectivity index (χ2v) is 7.22. The Hall–Kier alpha value is -2.30. The van der Waals surface area contributed by atoms with E-state index in [0.717, 1.165) is 50.3 Å². The van der Waals surface area contributed by atoms with Gasteiger partial charge >= 0.3 is 0 Å². The van der Waals surface area contributed by atoms with E-state index in [0.29, 0.717) is 24.1 Å². The van der Waals surface area contributed by atoms with Gasteiger partial charge < -0.3 is 14.1 Å². The van der Waals surface area contributed by atoms with E-state index in [2.05, 4.69) is 24.0 Å². The molecular formula is C20H24N2O3. The van der Waals surface area contributed by atoms with Crippen LogP contribution >= 0.6 is 0 Å². The first kappa shape index (κ1) is 16.2. The number of likely N-dealkylation sites (tertiary alicyclic amines) is 1. The van der Waals surface area contributed by atoms with Crippen LogP contribution in [-0.2, 0) is 0 Å². The Morgan fingerprint density at radius 2 is 2.08 bits per heavy atom. The topological polar surface area (TPSA) is 55.6 Å². The average Bonchev–Trinajstić information content (AvgIpc) is 3.37. The molecule has 0 spiro atoms. The summed E-state index contributed by atoms with van der Waals surface area (Å²) < 4.78 is 11.4. The van der Waals surface area contributed by atoms with Gasteiger partial charge in [0.25, 0.3) is 5.91 Å². The monoisotopic (exact) mass is 340 g/mol. The first-order chi connectivity index (χ1) is 12.2. The lowest BCUT2D eigenvalue weighted by molar-refractivity contribution is 0.0626. The molecule has 0 bridgehead atoms. The van der Waals surface area contributed by atoms with Gasteiger partial charge in [0.05, 0.1) is 6.61 Å². The normalized spacial score (nSPS) is 20.5. The zero-order valence-electron chi connectivity index (χ0n) is 14.6. The number of hydrogen-bond acceptors (Lipinski definition) is 4. The Balaban J connectivity index is 1.36. The van der Waals surface area contributed by atoms with Gasteiger partial charge in [-0.2, -0.15) is 0 Å². The number of hydrogen-bond donors (Lipinski definition) is 0. The van der Waals surface area contributed by atoms with Crippen LogP contribution in [0, 0.1) is 12.8 Å². The van der Waals surface area contributed by atoms with Gasteiger partial charge in [0.2, 0.25) is 0 Å². The number of carbonyl (C=O) groups excluding carboxylic acids is 1. The Morgan fingerprint density at radius 1 is 1.28 bits per heavy atom. The van der Waals surface area contributed by atoms with Crippen molar-refractivity contribution < 1.29 is 13.9 Å². The molecule has 2 fully saturated rings. The fourth-order valence-electron chi connectivity index (χ4n) is 3.43. The molecule has 0 radical (unpaired) electrons. The molecule has 1 amide bonds. The van der Waals surface area contributed by atoms with Crippen LogP contribution in [0.2, 0.25) is 0 Å². The maximum Gasteiger partial charge on any atom is 0.276 e. The lowest BCUT2D eigenvalue weighted by Crippen LogP contribution is -2.42. The van der Waals surface area contributed by atoms with Crippen LogP contribution in [-0.4, -0.2) is 35.5 Å². The first-order valence-corrected chi connectivity index (χ1v) is 9.13. The minimum Gasteiger partial charge on any atom is -0.493 e. The minimum atomic E-state index is 0.00989. The van der Waals surface area contributed by atoms with Crippen molar-refractivity contribution in [3.8, 4) is 5.75 Å². The predicted molar refractivity (Wildman–Crippen MR) is 93.8 cm³/mol. The average molecular weight is 340 g/mol. The summed E-state index contributed by atoms with van der Waals surface area (Å²) in [6.45, 7) is 4.22. The number of aryl methyl sites for hydroxylation is 1. The van der Waals surface area contributed by atoms with Crippen LogP contribution in [0.15, 0.2) is 35.1 Å². The highest BCUT2D eigenvalue weighted by molar-refractivity contribution is 5.93. The molecule has 1 saturated heterocycles. The number of carbonyl (C=O) groups is 1. The van der Waals surface area contributed by atoms with Crippen LogP contribution < -0.4 is 4.74 Å². The molecule has 5 heteroatoms. The Labute approximate surface area is 148 Å². The summed E-state index contributed by atoms with van der Waals surface area (Å²) in [5.41, 5.74) is 1.74. The molecule has 0 unspecified atom stereocenters. The highest BCUT2D eigenvalue weighted by Crippen LogP contribution is 2.41. The number of aromatic nitrogens is 1. The van der Waals surface area contributed by atoms with Crippen LogP contribution in [0.25, 0.3) is 0 Å². The molecule has 1 saturated carbocycles. The smallest absolute Gasteiger partial charge is 0.276 e. The maximum absolute atomic E-state index is 12.8. The van der Waals surface area contributed by atoms with Gasteiger partial charge in [-0.3, -0.25) is 4.79 Å². The highest BCUT2D eigenvalue weighted by atomic mass is 16.5. The summed E-state index contributed by atoms with van der Waals surface area (Å²) >= 11 is 0. The van der Waals surface area contributed by atoms with Crippen molar-refractivity contribution in [2.24, 2.45) is 5.92 Å². The highest BCUT2D eigenvalue weighted by Gasteiger charge is 2.35. The Kier molecular flexibility index (Phi) is 4.47. The van der Waals surface area contributed by atoms with Gasteiger partial charge in [-0.15, -0.1) is 0 Å². The fourth-order valence-corrected chi connectivity index (χ4v) is 3.43. The van der Waals surface area contributed by atoms with Gasteiger partial charge in [0.1, 0.15) is 11.5 Å². The van der Waals surface area contributed by atoms with E-state index in [4.69, 9.17) is 9.15 Å². The van der Waals surface area contributed by atoms with Crippen molar-refractivity contribution >= 4 is 5.91 Å². The molecule has 1 aliphatic carbocycles. The van der Waals surface area contributed by atoms with Gasteiger partial charge in [-0.1, -0.05) is 17.7 Å². The van der Waals surface area contributed by atoms with Crippen molar-refractivity contribution in [3.63, 3.8) is 0 Å². The lowest BCUT2D eigenvalue weighted by Gasteiger charge is -2.32. The molecule has 1 aromatic carbocycles. The summed E-state index contributed by atoms with van der Waals surface area (Å²) in [5.74, 6) is 2.43. The third kappa shape index (κ3) is 3.70. The van der Waals surface area contributed by atoms with E-state index < -0.39 is 0 Å². The zero-order valence-corrected chi connectivity index (χ0v) is 14.6. The van der Waals surface area contributed by atoms with E-state index in [1.807, 2.05) is 17.0 Å². The van der Waals surface area contributed by atoms with Gasteiger partial charge in [0.15, 0.2) is 12.1 Å². The van der Waals surface area contributed by atoms with Crippen LogP contribution in [0.5, 0.6) is 5.75 Å². The van der Waals surface area contributed by atoms with Crippen LogP contribution in [0.3, 0.4) is 0 Å².